The Balaban J connectivity index is 1.40. The first-order valence-electron chi connectivity index (χ1n) is 14.8. The fourth-order valence-corrected chi connectivity index (χ4v) is 9.89. The molecule has 0 radical (unpaired) electrons. The van der Waals surface area contributed by atoms with E-state index in [0.717, 1.165) is 28.9 Å². The lowest BCUT2D eigenvalue weighted by molar-refractivity contribution is -0.146. The lowest BCUT2D eigenvalue weighted by Crippen LogP contribution is -2.46. The van der Waals surface area contributed by atoms with Gasteiger partial charge in [-0.05, 0) is 49.7 Å². The number of rotatable bonds is 9. The van der Waals surface area contributed by atoms with Crippen molar-refractivity contribution in [3.63, 3.8) is 0 Å². The van der Waals surface area contributed by atoms with Gasteiger partial charge in [0.05, 0.1) is 24.0 Å². The first-order valence-corrected chi connectivity index (χ1v) is 17.9. The molecule has 11 heteroatoms. The molecular formula is C31H39N5O5Si. The number of anilines is 2. The van der Waals surface area contributed by atoms with Crippen molar-refractivity contribution in [2.45, 2.75) is 76.0 Å². The molecule has 10 nitrogen and oxygen atoms in total. The van der Waals surface area contributed by atoms with Gasteiger partial charge < -0.3 is 24.4 Å². The normalized spacial score (nSPS) is 25.7. The van der Waals surface area contributed by atoms with Crippen LogP contribution < -0.4 is 9.80 Å². The van der Waals surface area contributed by atoms with Crippen molar-refractivity contribution in [3.05, 3.63) is 71.5 Å². The van der Waals surface area contributed by atoms with Gasteiger partial charge in [0.2, 0.25) is 5.91 Å². The van der Waals surface area contributed by atoms with E-state index in [1.165, 1.54) is 0 Å². The number of nitrogens with zero attached hydrogens (tertiary/aromatic N) is 5. The number of hydrogen-bond donors (Lipinski definition) is 2. The van der Waals surface area contributed by atoms with Crippen LogP contribution in [-0.4, -0.2) is 64.3 Å². The fourth-order valence-electron chi connectivity index (χ4n) is 7.28. The quantitative estimate of drug-likeness (QED) is 0.367. The average molecular weight is 590 g/mol. The Morgan fingerprint density at radius 3 is 2.62 bits per heavy atom. The monoisotopic (exact) mass is 589 g/mol. The lowest BCUT2D eigenvalue weighted by atomic mass is 9.82. The van der Waals surface area contributed by atoms with Crippen LogP contribution in [0.15, 0.2) is 54.7 Å². The second-order valence-corrected chi connectivity index (χ2v) is 16.3. The summed E-state index contributed by atoms with van der Waals surface area (Å²) in [5.41, 5.74) is 2.55. The molecular weight excluding hydrogens is 550 g/mol. The molecule has 0 unspecified atom stereocenters. The Bertz CT molecular complexity index is 1470. The third kappa shape index (κ3) is 4.87. The number of carbonyl (C=O) groups excluding carboxylic acids is 2. The molecule has 2 saturated heterocycles. The molecule has 222 valence electrons. The van der Waals surface area contributed by atoms with Crippen molar-refractivity contribution >= 4 is 31.5 Å². The molecule has 4 heterocycles. The second-order valence-electron chi connectivity index (χ2n) is 12.3. The maximum absolute atomic E-state index is 14.7. The van der Waals surface area contributed by atoms with Gasteiger partial charge in [-0.2, -0.15) is 0 Å². The number of amides is 2. The van der Waals surface area contributed by atoms with Crippen LogP contribution in [0.3, 0.4) is 0 Å². The molecule has 2 aromatic carbocycles. The molecule has 3 aliphatic rings. The van der Waals surface area contributed by atoms with E-state index in [1.54, 1.807) is 14.5 Å². The number of carbonyl (C=O) groups is 2. The predicted octanol–water partition coefficient (Wildman–Crippen LogP) is 3.37. The third-order valence-electron chi connectivity index (χ3n) is 9.13. The lowest BCUT2D eigenvalue weighted by Gasteiger charge is -2.32. The smallest absolute Gasteiger partial charge is 0.264 e. The van der Waals surface area contributed by atoms with E-state index < -0.39 is 13.9 Å². The van der Waals surface area contributed by atoms with Gasteiger partial charge in [0.1, 0.15) is 0 Å². The zero-order chi connectivity index (χ0) is 29.6. The Hall–Kier alpha value is -3.38. The summed E-state index contributed by atoms with van der Waals surface area (Å²) in [4.78, 5) is 42.5. The van der Waals surface area contributed by atoms with E-state index in [0.29, 0.717) is 44.6 Å². The van der Waals surface area contributed by atoms with Gasteiger partial charge in [-0.15, -0.1) is 5.10 Å². The van der Waals surface area contributed by atoms with Gasteiger partial charge in [-0.3, -0.25) is 14.3 Å². The molecule has 0 bridgehead atoms. The molecule has 3 aromatic rings. The second kappa shape index (κ2) is 11.0. The molecule has 3 aliphatic heterocycles. The highest BCUT2D eigenvalue weighted by molar-refractivity contribution is 6.71. The number of aromatic nitrogens is 3. The molecule has 0 saturated carbocycles. The largest absolute Gasteiger partial charge is 0.432 e. The first kappa shape index (κ1) is 28.7. The Kier molecular flexibility index (Phi) is 7.54. The van der Waals surface area contributed by atoms with Crippen molar-refractivity contribution in [2.75, 3.05) is 23.0 Å². The first-order chi connectivity index (χ1) is 20.1. The highest BCUT2D eigenvalue weighted by atomic mass is 28.4. The summed E-state index contributed by atoms with van der Waals surface area (Å²) < 4.78 is 8.70. The van der Waals surface area contributed by atoms with Crippen molar-refractivity contribution in [3.8, 4) is 0 Å². The van der Waals surface area contributed by atoms with E-state index >= 15 is 0 Å². The highest BCUT2D eigenvalue weighted by Gasteiger charge is 2.66. The van der Waals surface area contributed by atoms with E-state index in [4.69, 9.17) is 4.74 Å². The maximum Gasteiger partial charge on any atom is 0.264 e. The standard InChI is InChI=1S/C31H39N5O5Si/c1-21-29(42(2,3)40)27(13-16-34-20-23(14-17-37)32-33-34)41-31(21)25-18-24(35-15-7-10-28(35)38)11-12-26(25)36(30(31)39)19-22-8-5-4-6-9-22/h4-6,8-9,11-12,18,20-21,27,29,37,40H,7,10,13-17,19H2,1-3H3/t21-,27+,29-,31+/m0/s1. The van der Waals surface area contributed by atoms with Crippen molar-refractivity contribution in [1.82, 2.24) is 15.0 Å². The number of fused-ring (bicyclic) bond motifs is 2. The van der Waals surface area contributed by atoms with Crippen LogP contribution in [0.1, 0.15) is 43.0 Å². The molecule has 4 atom stereocenters. The molecule has 6 rings (SSSR count). The van der Waals surface area contributed by atoms with Crippen LogP contribution in [0.5, 0.6) is 0 Å². The van der Waals surface area contributed by atoms with E-state index in [-0.39, 0.29) is 36.0 Å². The van der Waals surface area contributed by atoms with Crippen molar-refractivity contribution < 1.29 is 24.2 Å². The SMILES string of the molecule is C[C@H]1[C@H]([Si](C)(C)O)[C@@H](CCn2cc(CCO)nn2)O[C@]12C(=O)N(Cc1ccccc1)c1ccc(N3CCCC3=O)cc12. The minimum Gasteiger partial charge on any atom is -0.432 e. The van der Waals surface area contributed by atoms with Crippen LogP contribution in [0.2, 0.25) is 18.6 Å². The number of aliphatic hydroxyl groups excluding tert-OH is 1. The fraction of sp³-hybridized carbons (Fsp3) is 0.484. The van der Waals surface area contributed by atoms with E-state index in [9.17, 15) is 19.5 Å². The molecule has 2 fully saturated rings. The van der Waals surface area contributed by atoms with Crippen molar-refractivity contribution in [2.24, 2.45) is 5.92 Å². The number of aliphatic hydroxyl groups is 1. The maximum atomic E-state index is 14.7. The Labute approximate surface area is 247 Å². The number of aryl methyl sites for hydroxylation is 1. The number of hydrogen-bond acceptors (Lipinski definition) is 7. The van der Waals surface area contributed by atoms with Crippen LogP contribution in [0, 0.1) is 5.92 Å². The van der Waals surface area contributed by atoms with Gasteiger partial charge in [0.25, 0.3) is 5.91 Å². The summed E-state index contributed by atoms with van der Waals surface area (Å²) in [5.74, 6) is -0.343. The van der Waals surface area contributed by atoms with Crippen LogP contribution in [-0.2, 0) is 39.4 Å². The topological polar surface area (TPSA) is 121 Å². The highest BCUT2D eigenvalue weighted by Crippen LogP contribution is 2.60. The van der Waals surface area contributed by atoms with Gasteiger partial charge in [-0.1, -0.05) is 42.5 Å². The minimum atomic E-state index is -2.83. The summed E-state index contributed by atoms with van der Waals surface area (Å²) in [5, 5.41) is 17.6. The minimum absolute atomic E-state index is 0.00283. The molecule has 1 aromatic heterocycles. The average Bonchev–Trinajstić information content (AvgIpc) is 3.71. The number of ether oxygens (including phenoxy) is 1. The van der Waals surface area contributed by atoms with E-state index in [2.05, 4.69) is 10.3 Å². The van der Waals surface area contributed by atoms with E-state index in [1.807, 2.05) is 74.7 Å². The van der Waals surface area contributed by atoms with Gasteiger partial charge in [-0.25, -0.2) is 0 Å². The van der Waals surface area contributed by atoms with Gasteiger partial charge in [0.15, 0.2) is 13.9 Å². The van der Waals surface area contributed by atoms with Crippen LogP contribution >= 0.6 is 0 Å². The third-order valence-corrected chi connectivity index (χ3v) is 11.6. The number of benzene rings is 2. The zero-order valence-corrected chi connectivity index (χ0v) is 25.4. The van der Waals surface area contributed by atoms with Gasteiger partial charge >= 0.3 is 0 Å². The molecule has 1 spiro atoms. The summed E-state index contributed by atoms with van der Waals surface area (Å²) in [6, 6.07) is 15.7. The molecule has 0 aliphatic carbocycles. The Morgan fingerprint density at radius 1 is 1.14 bits per heavy atom. The van der Waals surface area contributed by atoms with Gasteiger partial charge in [0, 0.05) is 61.4 Å². The predicted molar refractivity (Wildman–Crippen MR) is 160 cm³/mol. The van der Waals surface area contributed by atoms with Crippen LogP contribution in [0.25, 0.3) is 0 Å². The van der Waals surface area contributed by atoms with Crippen LogP contribution in [0.4, 0.5) is 11.4 Å². The zero-order valence-electron chi connectivity index (χ0n) is 24.4. The van der Waals surface area contributed by atoms with Crippen molar-refractivity contribution in [1.29, 1.82) is 0 Å². The summed E-state index contributed by atoms with van der Waals surface area (Å²) in [7, 11) is -2.83. The summed E-state index contributed by atoms with van der Waals surface area (Å²) in [6.07, 6.45) is 3.74. The summed E-state index contributed by atoms with van der Waals surface area (Å²) in [6.45, 7) is 7.42. The summed E-state index contributed by atoms with van der Waals surface area (Å²) >= 11 is 0. The molecule has 42 heavy (non-hydrogen) atoms. The molecule has 2 N–H and O–H groups in total. The Morgan fingerprint density at radius 2 is 1.93 bits per heavy atom. The molecule has 2 amide bonds.